The third-order valence-electron chi connectivity index (χ3n) is 3.62. The van der Waals surface area contributed by atoms with Gasteiger partial charge < -0.3 is 15.5 Å². The van der Waals surface area contributed by atoms with E-state index < -0.39 is 12.0 Å². The fraction of sp³-hybridized carbons (Fsp3) is 0.467. The summed E-state index contributed by atoms with van der Waals surface area (Å²) < 4.78 is 0. The molecule has 114 valence electrons. The van der Waals surface area contributed by atoms with Gasteiger partial charge in [-0.1, -0.05) is 12.1 Å². The number of carbonyl (C=O) groups is 2. The highest BCUT2D eigenvalue weighted by molar-refractivity contribution is 5.98. The van der Waals surface area contributed by atoms with E-state index in [0.717, 1.165) is 13.1 Å². The summed E-state index contributed by atoms with van der Waals surface area (Å²) in [6.07, 6.45) is 0.228. The maximum absolute atomic E-state index is 11.9. The molecule has 4 N–H and O–H groups in total. The quantitative estimate of drug-likeness (QED) is 0.623. The maximum Gasteiger partial charge on any atom is 0.255 e. The Balaban J connectivity index is 1.84. The van der Waals surface area contributed by atoms with E-state index in [1.54, 1.807) is 12.1 Å². The third kappa shape index (κ3) is 4.54. The number of phenols is 1. The largest absolute Gasteiger partial charge is 0.508 e. The average Bonchev–Trinajstić information content (AvgIpc) is 2.50. The number of aliphatic hydroxyl groups is 1. The molecule has 0 aliphatic carbocycles. The average molecular weight is 292 g/mol. The monoisotopic (exact) mass is 292 g/mol. The highest BCUT2D eigenvalue weighted by Gasteiger charge is 2.25. The van der Waals surface area contributed by atoms with E-state index in [4.69, 9.17) is 0 Å². The van der Waals surface area contributed by atoms with Crippen molar-refractivity contribution in [1.82, 2.24) is 10.6 Å². The third-order valence-corrected chi connectivity index (χ3v) is 3.62. The Bertz CT molecular complexity index is 495. The summed E-state index contributed by atoms with van der Waals surface area (Å²) in [6.45, 7) is 1.53. The number of phenolic OH excluding ortho intramolecular Hbond substituents is 1. The van der Waals surface area contributed by atoms with Crippen LogP contribution in [0.15, 0.2) is 24.3 Å². The smallest absolute Gasteiger partial charge is 0.255 e. The van der Waals surface area contributed by atoms with Crippen molar-refractivity contribution < 1.29 is 19.8 Å². The molecule has 1 aliphatic heterocycles. The molecule has 1 atom stereocenters. The number of carbonyl (C=O) groups excluding carboxylic acids is 2. The maximum atomic E-state index is 11.9. The first-order valence-electron chi connectivity index (χ1n) is 7.07. The molecule has 1 unspecified atom stereocenters. The number of imide groups is 1. The zero-order valence-corrected chi connectivity index (χ0v) is 11.7. The highest BCUT2D eigenvalue weighted by Crippen LogP contribution is 2.13. The van der Waals surface area contributed by atoms with Gasteiger partial charge in [0.2, 0.25) is 5.91 Å². The molecule has 2 rings (SSSR count). The summed E-state index contributed by atoms with van der Waals surface area (Å²) in [7, 11) is 0. The number of aliphatic hydroxyl groups excluding tert-OH is 1. The van der Waals surface area contributed by atoms with Gasteiger partial charge in [0, 0.05) is 12.3 Å². The molecule has 0 aromatic heterocycles. The number of amides is 2. The molecule has 21 heavy (non-hydrogen) atoms. The molecule has 1 saturated heterocycles. The lowest BCUT2D eigenvalue weighted by Gasteiger charge is -2.22. The molecule has 0 radical (unpaired) electrons. The van der Waals surface area contributed by atoms with E-state index in [1.807, 2.05) is 0 Å². The second-order valence-electron chi connectivity index (χ2n) is 5.26. The Hall–Kier alpha value is -1.92. The Labute approximate surface area is 123 Å². The Morgan fingerprint density at radius 2 is 1.86 bits per heavy atom. The van der Waals surface area contributed by atoms with E-state index >= 15 is 0 Å². The number of piperidine rings is 1. The van der Waals surface area contributed by atoms with Crippen molar-refractivity contribution in [3.05, 3.63) is 29.8 Å². The van der Waals surface area contributed by atoms with Crippen molar-refractivity contribution in [3.63, 3.8) is 0 Å². The van der Waals surface area contributed by atoms with Gasteiger partial charge in [-0.15, -0.1) is 0 Å². The minimum absolute atomic E-state index is 0.103. The van der Waals surface area contributed by atoms with E-state index in [-0.39, 0.29) is 24.0 Å². The van der Waals surface area contributed by atoms with Gasteiger partial charge in [-0.25, -0.2) is 0 Å². The van der Waals surface area contributed by atoms with Gasteiger partial charge in [-0.2, -0.15) is 0 Å². The van der Waals surface area contributed by atoms with Crippen LogP contribution in [0.4, 0.5) is 0 Å². The lowest BCUT2D eigenvalue weighted by molar-refractivity contribution is -0.137. The van der Waals surface area contributed by atoms with Crippen molar-refractivity contribution >= 4 is 11.8 Å². The number of nitrogens with one attached hydrogen (secondary N) is 2. The molecule has 1 aliphatic rings. The van der Waals surface area contributed by atoms with Crippen molar-refractivity contribution in [2.75, 3.05) is 13.1 Å². The fourth-order valence-corrected chi connectivity index (χ4v) is 2.34. The van der Waals surface area contributed by atoms with E-state index in [0.29, 0.717) is 18.4 Å². The summed E-state index contributed by atoms with van der Waals surface area (Å²) in [5.41, 5.74) is 0.713. The molecule has 1 aromatic rings. The topological polar surface area (TPSA) is 98.7 Å². The molecular formula is C15H20N2O4. The van der Waals surface area contributed by atoms with Gasteiger partial charge in [0.05, 0.1) is 0 Å². The number of hydrogen-bond donors (Lipinski definition) is 4. The predicted octanol–water partition coefficient (Wildman–Crippen LogP) is -0.0620. The van der Waals surface area contributed by atoms with E-state index in [2.05, 4.69) is 10.6 Å². The van der Waals surface area contributed by atoms with Crippen molar-refractivity contribution in [3.8, 4) is 5.75 Å². The normalized spacial score (nSPS) is 17.2. The summed E-state index contributed by atoms with van der Waals surface area (Å²) in [6, 6.07) is 6.22. The molecule has 0 spiro atoms. The molecule has 1 aromatic carbocycles. The summed E-state index contributed by atoms with van der Waals surface area (Å²) in [5, 5.41) is 24.4. The van der Waals surface area contributed by atoms with Gasteiger partial charge in [-0.05, 0) is 43.6 Å². The van der Waals surface area contributed by atoms with Gasteiger partial charge in [0.15, 0.2) is 0 Å². The molecule has 0 saturated carbocycles. The second-order valence-corrected chi connectivity index (χ2v) is 5.26. The standard InChI is InChI=1S/C15H20N2O4/c18-12-3-1-10(2-4-12)9-13(19)15(21)17-14(20)11-5-7-16-8-6-11/h1-4,11,13,16,18-19H,5-9H2,(H,17,20,21). The molecule has 1 fully saturated rings. The van der Waals surface area contributed by atoms with Gasteiger partial charge in [0.1, 0.15) is 11.9 Å². The van der Waals surface area contributed by atoms with Gasteiger partial charge in [-0.3, -0.25) is 14.9 Å². The number of hydrogen-bond acceptors (Lipinski definition) is 5. The Morgan fingerprint density at radius 3 is 2.48 bits per heavy atom. The Morgan fingerprint density at radius 1 is 1.24 bits per heavy atom. The zero-order chi connectivity index (χ0) is 15.2. The number of benzene rings is 1. The molecule has 2 amide bonds. The first kappa shape index (κ1) is 15.5. The first-order chi connectivity index (χ1) is 10.1. The van der Waals surface area contributed by atoms with Crippen molar-refractivity contribution in [2.45, 2.75) is 25.4 Å². The van der Waals surface area contributed by atoms with E-state index in [1.165, 1.54) is 12.1 Å². The van der Waals surface area contributed by atoms with Crippen LogP contribution in [0.1, 0.15) is 18.4 Å². The lowest BCUT2D eigenvalue weighted by atomic mass is 9.97. The molecular weight excluding hydrogens is 272 g/mol. The van der Waals surface area contributed by atoms with Crippen molar-refractivity contribution in [1.29, 1.82) is 0 Å². The van der Waals surface area contributed by atoms with Crippen LogP contribution in [0.25, 0.3) is 0 Å². The van der Waals surface area contributed by atoms with Crippen LogP contribution in [0, 0.1) is 5.92 Å². The predicted molar refractivity (Wildman–Crippen MR) is 76.6 cm³/mol. The minimum atomic E-state index is -1.28. The van der Waals surface area contributed by atoms with E-state index in [9.17, 15) is 19.8 Å². The van der Waals surface area contributed by atoms with Gasteiger partial charge in [0.25, 0.3) is 5.91 Å². The fourth-order valence-electron chi connectivity index (χ4n) is 2.34. The summed E-state index contributed by atoms with van der Waals surface area (Å²) >= 11 is 0. The summed E-state index contributed by atoms with van der Waals surface area (Å²) in [5.74, 6) is -1.03. The SMILES string of the molecule is O=C(NC(=O)C1CCNCC1)C(O)Cc1ccc(O)cc1. The molecule has 1 heterocycles. The first-order valence-corrected chi connectivity index (χ1v) is 7.07. The Kier molecular flexibility index (Phi) is 5.30. The highest BCUT2D eigenvalue weighted by atomic mass is 16.3. The van der Waals surface area contributed by atoms with Gasteiger partial charge >= 0.3 is 0 Å². The molecule has 0 bridgehead atoms. The zero-order valence-electron chi connectivity index (χ0n) is 11.7. The van der Waals surface area contributed by atoms with Crippen LogP contribution in [0.3, 0.4) is 0 Å². The molecule has 6 nitrogen and oxygen atoms in total. The minimum Gasteiger partial charge on any atom is -0.508 e. The number of rotatable bonds is 4. The van der Waals surface area contributed by atoms with Crippen molar-refractivity contribution in [2.24, 2.45) is 5.92 Å². The van der Waals surface area contributed by atoms with Crippen LogP contribution in [-0.4, -0.2) is 41.2 Å². The number of aromatic hydroxyl groups is 1. The van der Waals surface area contributed by atoms with Crippen LogP contribution < -0.4 is 10.6 Å². The molecule has 6 heteroatoms. The van der Waals surface area contributed by atoms with Crippen LogP contribution in [-0.2, 0) is 16.0 Å². The van der Waals surface area contributed by atoms with Crippen LogP contribution in [0.2, 0.25) is 0 Å². The van der Waals surface area contributed by atoms with Crippen LogP contribution >= 0.6 is 0 Å². The second kappa shape index (κ2) is 7.19. The lowest BCUT2D eigenvalue weighted by Crippen LogP contribution is -2.45. The summed E-state index contributed by atoms with van der Waals surface area (Å²) in [4.78, 5) is 23.7. The van der Waals surface area contributed by atoms with Crippen LogP contribution in [0.5, 0.6) is 5.75 Å².